The zero-order valence-corrected chi connectivity index (χ0v) is 10.1. The highest BCUT2D eigenvalue weighted by Crippen LogP contribution is 2.47. The second kappa shape index (κ2) is 4.24. The summed E-state index contributed by atoms with van der Waals surface area (Å²) in [6.45, 7) is 3.20. The molecular formula is C13H16N2O3. The third-order valence-corrected chi connectivity index (χ3v) is 3.67. The summed E-state index contributed by atoms with van der Waals surface area (Å²) in [4.78, 5) is 17.3. The van der Waals surface area contributed by atoms with E-state index in [0.29, 0.717) is 6.61 Å². The summed E-state index contributed by atoms with van der Waals surface area (Å²) < 4.78 is 5.62. The van der Waals surface area contributed by atoms with Crippen molar-refractivity contribution >= 4 is 11.8 Å². The van der Waals surface area contributed by atoms with E-state index in [9.17, 15) is 4.79 Å². The highest BCUT2D eigenvalue weighted by Gasteiger charge is 2.45. The smallest absolute Gasteiger partial charge is 0.354 e. The van der Waals surface area contributed by atoms with E-state index in [1.807, 2.05) is 6.07 Å². The third kappa shape index (κ3) is 2.18. The zero-order valence-electron chi connectivity index (χ0n) is 10.1. The van der Waals surface area contributed by atoms with Crippen LogP contribution in [-0.2, 0) is 4.74 Å². The minimum atomic E-state index is -0.982. The lowest BCUT2D eigenvalue weighted by atomic mass is 10.1. The largest absolute Gasteiger partial charge is 0.477 e. The van der Waals surface area contributed by atoms with Gasteiger partial charge < -0.3 is 14.7 Å². The van der Waals surface area contributed by atoms with Crippen molar-refractivity contribution in [3.63, 3.8) is 0 Å². The maximum atomic E-state index is 10.9. The second-order valence-electron chi connectivity index (χ2n) is 5.16. The number of rotatable bonds is 2. The van der Waals surface area contributed by atoms with E-state index in [2.05, 4.69) is 9.88 Å². The number of carboxylic acid groups (broad SMARTS) is 1. The molecule has 0 unspecified atom stereocenters. The van der Waals surface area contributed by atoms with Gasteiger partial charge >= 0.3 is 5.97 Å². The quantitative estimate of drug-likeness (QED) is 0.857. The molecule has 1 aliphatic heterocycles. The second-order valence-corrected chi connectivity index (χ2v) is 5.16. The molecular weight excluding hydrogens is 232 g/mol. The van der Waals surface area contributed by atoms with Gasteiger partial charge in [0.05, 0.1) is 13.2 Å². The lowest BCUT2D eigenvalue weighted by molar-refractivity contribution is 0.0690. The molecule has 0 bridgehead atoms. The van der Waals surface area contributed by atoms with Gasteiger partial charge in [-0.15, -0.1) is 0 Å². The summed E-state index contributed by atoms with van der Waals surface area (Å²) in [7, 11) is 0. The van der Waals surface area contributed by atoms with Crippen LogP contribution in [-0.4, -0.2) is 42.4 Å². The van der Waals surface area contributed by atoms with Gasteiger partial charge in [0.1, 0.15) is 5.82 Å². The van der Waals surface area contributed by atoms with Crippen molar-refractivity contribution in [2.75, 3.05) is 31.2 Å². The molecule has 5 heteroatoms. The average Bonchev–Trinajstić information content (AvgIpc) is 3.17. The number of anilines is 1. The van der Waals surface area contributed by atoms with Crippen LogP contribution in [0.5, 0.6) is 0 Å². The van der Waals surface area contributed by atoms with E-state index in [1.165, 1.54) is 18.9 Å². The van der Waals surface area contributed by atoms with Crippen molar-refractivity contribution in [3.8, 4) is 0 Å². The Morgan fingerprint density at radius 3 is 3.00 bits per heavy atom. The highest BCUT2D eigenvalue weighted by molar-refractivity contribution is 5.85. The Kier molecular flexibility index (Phi) is 2.70. The molecule has 96 valence electrons. The van der Waals surface area contributed by atoms with Gasteiger partial charge in [0.2, 0.25) is 0 Å². The summed E-state index contributed by atoms with van der Waals surface area (Å²) in [6.07, 6.45) is 2.39. The molecule has 1 saturated heterocycles. The number of ether oxygens (including phenoxy) is 1. The fraction of sp³-hybridized carbons (Fsp3) is 0.538. The molecule has 5 nitrogen and oxygen atoms in total. The van der Waals surface area contributed by atoms with Crippen molar-refractivity contribution in [1.29, 1.82) is 0 Å². The van der Waals surface area contributed by atoms with Gasteiger partial charge in [0.15, 0.2) is 5.69 Å². The molecule has 2 aliphatic rings. The molecule has 1 N–H and O–H groups in total. The number of carbonyl (C=O) groups is 1. The number of aromatic carboxylic acids is 1. The standard InChI is InChI=1S/C13H16N2O3/c16-12(17)10-2-1-3-11(14-10)15-6-7-18-9-13(8-15)4-5-13/h1-3H,4-9H2,(H,16,17). The van der Waals surface area contributed by atoms with Crippen LogP contribution in [0.2, 0.25) is 0 Å². The van der Waals surface area contributed by atoms with Crippen LogP contribution in [0.25, 0.3) is 0 Å². The van der Waals surface area contributed by atoms with Crippen LogP contribution >= 0.6 is 0 Å². The first-order valence-electron chi connectivity index (χ1n) is 6.22. The summed E-state index contributed by atoms with van der Waals surface area (Å²) in [5.74, 6) is -0.240. The van der Waals surface area contributed by atoms with E-state index < -0.39 is 5.97 Å². The van der Waals surface area contributed by atoms with Crippen molar-refractivity contribution in [2.24, 2.45) is 5.41 Å². The molecule has 2 heterocycles. The topological polar surface area (TPSA) is 62.7 Å². The fourth-order valence-corrected chi connectivity index (χ4v) is 2.39. The molecule has 1 aromatic heterocycles. The summed E-state index contributed by atoms with van der Waals surface area (Å²) in [5.41, 5.74) is 0.389. The Bertz CT molecular complexity index is 471. The predicted molar refractivity (Wildman–Crippen MR) is 65.9 cm³/mol. The van der Waals surface area contributed by atoms with Gasteiger partial charge in [0.25, 0.3) is 0 Å². The zero-order chi connectivity index (χ0) is 12.6. The lowest BCUT2D eigenvalue weighted by Gasteiger charge is -2.24. The predicted octanol–water partition coefficient (Wildman–Crippen LogP) is 1.40. The molecule has 18 heavy (non-hydrogen) atoms. The van der Waals surface area contributed by atoms with E-state index >= 15 is 0 Å². The summed E-state index contributed by atoms with van der Waals surface area (Å²) >= 11 is 0. The monoisotopic (exact) mass is 248 g/mol. The molecule has 2 fully saturated rings. The number of aromatic nitrogens is 1. The normalized spacial score (nSPS) is 21.7. The maximum Gasteiger partial charge on any atom is 0.354 e. The molecule has 0 radical (unpaired) electrons. The first kappa shape index (κ1) is 11.5. The highest BCUT2D eigenvalue weighted by atomic mass is 16.5. The van der Waals surface area contributed by atoms with Gasteiger partial charge in [0, 0.05) is 18.5 Å². The van der Waals surface area contributed by atoms with Crippen LogP contribution < -0.4 is 4.90 Å². The van der Waals surface area contributed by atoms with E-state index in [0.717, 1.165) is 25.5 Å². The molecule has 0 aromatic carbocycles. The lowest BCUT2D eigenvalue weighted by Crippen LogP contribution is -2.31. The minimum absolute atomic E-state index is 0.0995. The van der Waals surface area contributed by atoms with Crippen LogP contribution in [0.1, 0.15) is 23.3 Å². The van der Waals surface area contributed by atoms with Gasteiger partial charge in [-0.1, -0.05) is 6.07 Å². The van der Waals surface area contributed by atoms with Gasteiger partial charge in [-0.25, -0.2) is 9.78 Å². The molecule has 1 aliphatic carbocycles. The molecule has 1 aromatic rings. The Balaban J connectivity index is 1.84. The number of nitrogens with zero attached hydrogens (tertiary/aromatic N) is 2. The van der Waals surface area contributed by atoms with Crippen LogP contribution in [0, 0.1) is 5.41 Å². The summed E-state index contributed by atoms with van der Waals surface area (Å²) in [6, 6.07) is 5.14. The fourth-order valence-electron chi connectivity index (χ4n) is 2.39. The van der Waals surface area contributed by atoms with Crippen molar-refractivity contribution < 1.29 is 14.6 Å². The first-order chi connectivity index (χ1) is 8.69. The minimum Gasteiger partial charge on any atom is -0.477 e. The van der Waals surface area contributed by atoms with Crippen molar-refractivity contribution in [3.05, 3.63) is 23.9 Å². The molecule has 0 amide bonds. The molecule has 1 saturated carbocycles. The van der Waals surface area contributed by atoms with Crippen LogP contribution in [0.4, 0.5) is 5.82 Å². The van der Waals surface area contributed by atoms with E-state index in [4.69, 9.17) is 9.84 Å². The van der Waals surface area contributed by atoms with Crippen molar-refractivity contribution in [1.82, 2.24) is 4.98 Å². The number of pyridine rings is 1. The molecule has 0 atom stereocenters. The Morgan fingerprint density at radius 2 is 2.28 bits per heavy atom. The molecule has 3 rings (SSSR count). The van der Waals surface area contributed by atoms with Crippen LogP contribution in [0.3, 0.4) is 0 Å². The molecule has 1 spiro atoms. The Morgan fingerprint density at radius 1 is 1.44 bits per heavy atom. The number of carboxylic acids is 1. The Labute approximate surface area is 105 Å². The third-order valence-electron chi connectivity index (χ3n) is 3.67. The maximum absolute atomic E-state index is 10.9. The van der Waals surface area contributed by atoms with Crippen molar-refractivity contribution in [2.45, 2.75) is 12.8 Å². The van der Waals surface area contributed by atoms with Gasteiger partial charge in [-0.2, -0.15) is 0 Å². The SMILES string of the molecule is O=C(O)c1cccc(N2CCOCC3(CC3)C2)n1. The number of hydrogen-bond acceptors (Lipinski definition) is 4. The average molecular weight is 248 g/mol. The van der Waals surface area contributed by atoms with Crippen LogP contribution in [0.15, 0.2) is 18.2 Å². The summed E-state index contributed by atoms with van der Waals surface area (Å²) in [5, 5.41) is 8.97. The van der Waals surface area contributed by atoms with Gasteiger partial charge in [-0.3, -0.25) is 0 Å². The first-order valence-corrected chi connectivity index (χ1v) is 6.22. The number of hydrogen-bond donors (Lipinski definition) is 1. The van der Waals surface area contributed by atoms with Gasteiger partial charge in [-0.05, 0) is 25.0 Å². The van der Waals surface area contributed by atoms with E-state index in [1.54, 1.807) is 6.07 Å². The Hall–Kier alpha value is -1.62. The van der Waals surface area contributed by atoms with E-state index in [-0.39, 0.29) is 11.1 Å².